The van der Waals surface area contributed by atoms with Crippen molar-refractivity contribution in [3.8, 4) is 0 Å². The van der Waals surface area contributed by atoms with E-state index in [0.717, 1.165) is 12.0 Å². The summed E-state index contributed by atoms with van der Waals surface area (Å²) in [6, 6.07) is 7.39. The first-order valence-electron chi connectivity index (χ1n) is 5.91. The Morgan fingerprint density at radius 1 is 1.29 bits per heavy atom. The van der Waals surface area contributed by atoms with Crippen LogP contribution >= 0.6 is 11.6 Å². The molecular formula is C14H20ClNO. The van der Waals surface area contributed by atoms with Crippen LogP contribution in [0.3, 0.4) is 0 Å². The molecule has 1 amide bonds. The number of hydrogen-bond donors (Lipinski definition) is 1. The summed E-state index contributed by atoms with van der Waals surface area (Å²) in [5.74, 6) is 0.456. The number of benzene rings is 1. The number of alkyl halides is 1. The Hall–Kier alpha value is -1.02. The monoisotopic (exact) mass is 253 g/mol. The van der Waals surface area contributed by atoms with Crippen LogP contribution in [0.1, 0.15) is 43.1 Å². The fraction of sp³-hybridized carbons (Fsp3) is 0.500. The van der Waals surface area contributed by atoms with Gasteiger partial charge in [0.2, 0.25) is 0 Å². The maximum atomic E-state index is 11.9. The van der Waals surface area contributed by atoms with Gasteiger partial charge < -0.3 is 5.32 Å². The fourth-order valence-electron chi connectivity index (χ4n) is 1.29. The van der Waals surface area contributed by atoms with Gasteiger partial charge in [-0.3, -0.25) is 4.79 Å². The molecule has 0 saturated carbocycles. The van der Waals surface area contributed by atoms with Crippen LogP contribution in [0.2, 0.25) is 0 Å². The molecule has 17 heavy (non-hydrogen) atoms. The number of halogens is 1. The van der Waals surface area contributed by atoms with E-state index in [1.54, 1.807) is 0 Å². The van der Waals surface area contributed by atoms with Gasteiger partial charge >= 0.3 is 0 Å². The van der Waals surface area contributed by atoms with E-state index in [9.17, 15) is 4.79 Å². The first kappa shape index (κ1) is 14.0. The number of amides is 1. The minimum Gasteiger partial charge on any atom is -0.352 e. The molecule has 3 heteroatoms. The van der Waals surface area contributed by atoms with Crippen LogP contribution in [0.15, 0.2) is 24.3 Å². The van der Waals surface area contributed by atoms with Gasteiger partial charge in [0.15, 0.2) is 0 Å². The quantitative estimate of drug-likeness (QED) is 0.799. The number of hydrogen-bond acceptors (Lipinski definition) is 1. The standard InChI is InChI=1S/C14H20ClNO/c1-4-14(2,3)10-16-13(17)12-7-5-11(9-15)6-8-12/h5-8H,4,9-10H2,1-3H3,(H,16,17). The highest BCUT2D eigenvalue weighted by Gasteiger charge is 2.16. The smallest absolute Gasteiger partial charge is 0.251 e. The zero-order chi connectivity index (χ0) is 12.9. The summed E-state index contributed by atoms with van der Waals surface area (Å²) in [5, 5.41) is 2.96. The highest BCUT2D eigenvalue weighted by atomic mass is 35.5. The Balaban J connectivity index is 2.58. The van der Waals surface area contributed by atoms with Crippen molar-refractivity contribution in [2.75, 3.05) is 6.54 Å². The summed E-state index contributed by atoms with van der Waals surface area (Å²) in [4.78, 5) is 11.9. The highest BCUT2D eigenvalue weighted by molar-refractivity contribution is 6.17. The Morgan fingerprint density at radius 2 is 1.88 bits per heavy atom. The maximum Gasteiger partial charge on any atom is 0.251 e. The summed E-state index contributed by atoms with van der Waals surface area (Å²) in [6.07, 6.45) is 1.04. The SMILES string of the molecule is CCC(C)(C)CNC(=O)c1ccc(CCl)cc1. The maximum absolute atomic E-state index is 11.9. The summed E-state index contributed by atoms with van der Waals surface area (Å²) in [7, 11) is 0. The normalized spacial score (nSPS) is 11.3. The van der Waals surface area contributed by atoms with E-state index in [1.165, 1.54) is 0 Å². The first-order chi connectivity index (χ1) is 7.98. The van der Waals surface area contributed by atoms with E-state index in [4.69, 9.17) is 11.6 Å². The number of carbonyl (C=O) groups is 1. The fourth-order valence-corrected chi connectivity index (χ4v) is 1.47. The second-order valence-electron chi connectivity index (χ2n) is 5.03. The molecule has 0 aromatic heterocycles. The van der Waals surface area contributed by atoms with Gasteiger partial charge in [-0.05, 0) is 29.5 Å². The lowest BCUT2D eigenvalue weighted by atomic mass is 9.90. The molecule has 0 bridgehead atoms. The summed E-state index contributed by atoms with van der Waals surface area (Å²) < 4.78 is 0. The Bertz CT molecular complexity index is 370. The molecule has 2 nitrogen and oxygen atoms in total. The van der Waals surface area contributed by atoms with Crippen LogP contribution in [0.25, 0.3) is 0 Å². The average molecular weight is 254 g/mol. The second kappa shape index (κ2) is 6.06. The van der Waals surface area contributed by atoms with Crippen molar-refractivity contribution in [2.24, 2.45) is 5.41 Å². The van der Waals surface area contributed by atoms with Crippen molar-refractivity contribution in [1.82, 2.24) is 5.32 Å². The third kappa shape index (κ3) is 4.39. The first-order valence-corrected chi connectivity index (χ1v) is 6.45. The summed E-state index contributed by atoms with van der Waals surface area (Å²) in [6.45, 7) is 7.11. The molecule has 0 saturated heterocycles. The molecular weight excluding hydrogens is 234 g/mol. The molecule has 1 aromatic carbocycles. The predicted molar refractivity (Wildman–Crippen MR) is 72.4 cm³/mol. The van der Waals surface area contributed by atoms with Crippen LogP contribution < -0.4 is 5.32 Å². The zero-order valence-electron chi connectivity index (χ0n) is 10.7. The van der Waals surface area contributed by atoms with Gasteiger partial charge in [-0.25, -0.2) is 0 Å². The highest BCUT2D eigenvalue weighted by Crippen LogP contribution is 2.18. The Labute approximate surface area is 108 Å². The zero-order valence-corrected chi connectivity index (χ0v) is 11.5. The average Bonchev–Trinajstić information content (AvgIpc) is 2.36. The minimum atomic E-state index is -0.0207. The van der Waals surface area contributed by atoms with Crippen LogP contribution in [0, 0.1) is 5.41 Å². The lowest BCUT2D eigenvalue weighted by Gasteiger charge is -2.22. The third-order valence-electron chi connectivity index (χ3n) is 3.06. The van der Waals surface area contributed by atoms with Crippen LogP contribution in [0.5, 0.6) is 0 Å². The van der Waals surface area contributed by atoms with Gasteiger partial charge in [0.1, 0.15) is 0 Å². The van der Waals surface area contributed by atoms with Gasteiger partial charge in [0.05, 0.1) is 0 Å². The topological polar surface area (TPSA) is 29.1 Å². The molecule has 1 rings (SSSR count). The van der Waals surface area contributed by atoms with Crippen molar-refractivity contribution in [3.63, 3.8) is 0 Å². The summed E-state index contributed by atoms with van der Waals surface area (Å²) in [5.41, 5.74) is 1.86. The molecule has 0 aliphatic heterocycles. The summed E-state index contributed by atoms with van der Waals surface area (Å²) >= 11 is 5.70. The molecule has 0 unspecified atom stereocenters. The van der Waals surface area contributed by atoms with E-state index in [-0.39, 0.29) is 11.3 Å². The molecule has 0 radical (unpaired) electrons. The van der Waals surface area contributed by atoms with E-state index < -0.39 is 0 Å². The Morgan fingerprint density at radius 3 is 2.35 bits per heavy atom. The number of nitrogens with one attached hydrogen (secondary N) is 1. The lowest BCUT2D eigenvalue weighted by molar-refractivity contribution is 0.0935. The lowest BCUT2D eigenvalue weighted by Crippen LogP contribution is -2.33. The predicted octanol–water partition coefficient (Wildman–Crippen LogP) is 3.59. The second-order valence-corrected chi connectivity index (χ2v) is 5.30. The molecule has 1 aromatic rings. The van der Waals surface area contributed by atoms with Crippen molar-refractivity contribution in [3.05, 3.63) is 35.4 Å². The van der Waals surface area contributed by atoms with E-state index in [2.05, 4.69) is 26.1 Å². The van der Waals surface area contributed by atoms with Gasteiger partial charge in [0.25, 0.3) is 5.91 Å². The molecule has 0 aliphatic rings. The van der Waals surface area contributed by atoms with Crippen molar-refractivity contribution in [2.45, 2.75) is 33.1 Å². The molecule has 0 fully saturated rings. The van der Waals surface area contributed by atoms with Gasteiger partial charge in [-0.15, -0.1) is 11.6 Å². The Kier molecular flexibility index (Phi) is 5.01. The van der Waals surface area contributed by atoms with Gasteiger partial charge in [0, 0.05) is 18.0 Å². The minimum absolute atomic E-state index is 0.0207. The molecule has 94 valence electrons. The van der Waals surface area contributed by atoms with Crippen molar-refractivity contribution < 1.29 is 4.79 Å². The van der Waals surface area contributed by atoms with E-state index in [1.807, 2.05) is 24.3 Å². The molecule has 1 N–H and O–H groups in total. The molecule has 0 aliphatic carbocycles. The molecule has 0 heterocycles. The third-order valence-corrected chi connectivity index (χ3v) is 3.36. The largest absolute Gasteiger partial charge is 0.352 e. The number of carbonyl (C=O) groups excluding carboxylic acids is 1. The van der Waals surface area contributed by atoms with Crippen molar-refractivity contribution in [1.29, 1.82) is 0 Å². The molecule has 0 spiro atoms. The van der Waals surface area contributed by atoms with Gasteiger partial charge in [-0.2, -0.15) is 0 Å². The van der Waals surface area contributed by atoms with Crippen LogP contribution in [0.4, 0.5) is 0 Å². The number of rotatable bonds is 5. The van der Waals surface area contributed by atoms with Crippen molar-refractivity contribution >= 4 is 17.5 Å². The van der Waals surface area contributed by atoms with Crippen LogP contribution in [-0.2, 0) is 5.88 Å². The van der Waals surface area contributed by atoms with E-state index in [0.29, 0.717) is 18.0 Å². The van der Waals surface area contributed by atoms with Crippen LogP contribution in [-0.4, -0.2) is 12.5 Å². The van der Waals surface area contributed by atoms with Gasteiger partial charge in [-0.1, -0.05) is 32.9 Å². The van der Waals surface area contributed by atoms with E-state index >= 15 is 0 Å². The molecule has 0 atom stereocenters.